The molecule has 125 heavy (non-hydrogen) atoms. The molecule has 0 radical (unpaired) electrons. The number of likely N-dealkylation sites (N-methyl/N-ethyl adjacent to an activating group) is 2. The molecule has 1 aliphatic carbocycles. The van der Waals surface area contributed by atoms with E-state index in [1.165, 1.54) is 49.8 Å². The molecule has 41 nitrogen and oxygen atoms in total. The van der Waals surface area contributed by atoms with Gasteiger partial charge in [0.05, 0.1) is 35.4 Å². The molecule has 0 spiro atoms. The second-order valence-electron chi connectivity index (χ2n) is 31.0. The Bertz CT molecular complexity index is 4920. The minimum atomic E-state index is -2.15. The first-order chi connectivity index (χ1) is 59.3. The number of urea groups is 1. The second-order valence-corrected chi connectivity index (χ2v) is 32.4. The zero-order chi connectivity index (χ0) is 91.6. The number of aryl methyl sites for hydroxylation is 2. The van der Waals surface area contributed by atoms with Crippen LogP contribution in [0.3, 0.4) is 0 Å². The third-order valence-corrected chi connectivity index (χ3v) is 23.2. The van der Waals surface area contributed by atoms with Gasteiger partial charge < -0.3 is 126 Å². The summed E-state index contributed by atoms with van der Waals surface area (Å²) in [5, 5.41) is 88.3. The van der Waals surface area contributed by atoms with Gasteiger partial charge in [0.25, 0.3) is 0 Å². The van der Waals surface area contributed by atoms with Crippen molar-refractivity contribution in [3.63, 3.8) is 0 Å². The fourth-order valence-corrected chi connectivity index (χ4v) is 15.9. The molecule has 1 saturated carbocycles. The van der Waals surface area contributed by atoms with Crippen molar-refractivity contribution in [2.45, 2.75) is 181 Å². The molecule has 14 atom stereocenters. The fourth-order valence-electron chi connectivity index (χ4n) is 14.7. The molecule has 0 unspecified atom stereocenters. The van der Waals surface area contributed by atoms with Crippen LogP contribution in [0.15, 0.2) is 104 Å². The van der Waals surface area contributed by atoms with Gasteiger partial charge in [-0.15, -0.1) is 11.8 Å². The van der Waals surface area contributed by atoms with Crippen LogP contribution in [0.2, 0.25) is 5.02 Å². The monoisotopic (exact) mass is 1780 g/mol. The van der Waals surface area contributed by atoms with Crippen molar-refractivity contribution < 1.29 is 107 Å². The number of carboxylic acids is 1. The van der Waals surface area contributed by atoms with Gasteiger partial charge in [0.15, 0.2) is 0 Å². The standard InChI is InChI=1S/C82H108ClN19O22S/c1-99-37-46(48-18-5-6-22-58(48)99)32-53-75(117)97-57(72(86)114)40-125-41-65(108)91-56(30-42-13-9-17-45(29-42)71(85)113)81(123)102(4)60(31-43-14-12-27-88-35-43)78(120)96-55(34-63(84)106)76(118)98-67(44-15-10-16-44)79(121)93-52(23-25-64(107)90-36-61(104)69(111)70(112)62(105)39-103)80(122)101(3)59(24-26-66(109)110)77(119)95-54(33-47-38-100(2)68-49(47)19-11-20-50(68)83)74(116)92-51(73(115)94-53)21-7-8-28-89-82(87)124/h5-6,9,11-14,17-20,22,27,29,35,37-38,44,51-57,59-62,67,69-70,103-105,111-112H,7-8,10,15-16,21,23-26,28,30-34,36,39-41H2,1-4H3,(H2,84,106)(H2,85,113)(H2,86,114)(H,90,107)(H,91,108)(H,92,116)(H,93,121)(H,94,115)(H,95,119)(H,96,120)(H,97,117)(H,98,118)(H,109,110)(H3,87,89,124)/t51-,52-,53-,54-,55-,56+,57-,59-,60-,61-,62+,67-,69+,70+/m0/s1. The number of hydrogen-bond acceptors (Lipinski definition) is 23. The molecule has 4 heterocycles. The van der Waals surface area contributed by atoms with Gasteiger partial charge in [-0.2, -0.15) is 0 Å². The number of para-hydroxylation sites is 2. The van der Waals surface area contributed by atoms with Crippen molar-refractivity contribution in [3.05, 3.63) is 136 Å². The number of hydrogen-bond donors (Lipinski definition) is 20. The van der Waals surface area contributed by atoms with Gasteiger partial charge in [0, 0.05) is 132 Å². The Kier molecular flexibility index (Phi) is 36.4. The van der Waals surface area contributed by atoms with E-state index in [0.717, 1.165) is 28.6 Å². The number of primary amides is 4. The number of fused-ring (bicyclic) bond motifs is 2. The molecule has 0 bridgehead atoms. The maximum Gasteiger partial charge on any atom is 0.312 e. The Morgan fingerprint density at radius 1 is 0.576 bits per heavy atom. The predicted molar refractivity (Wildman–Crippen MR) is 453 cm³/mol. The predicted octanol–water partition coefficient (Wildman–Crippen LogP) is -4.44. The maximum absolute atomic E-state index is 15.7. The molecule has 1 saturated heterocycles. The topological polar surface area (TPSA) is 648 Å². The summed E-state index contributed by atoms with van der Waals surface area (Å²) in [6.07, 6.45) is -6.99. The van der Waals surface area contributed by atoms with Gasteiger partial charge in [0.1, 0.15) is 78.7 Å². The number of pyridine rings is 1. The fraction of sp³-hybridized carbons (Fsp3) is 0.476. The summed E-state index contributed by atoms with van der Waals surface area (Å²) in [5.74, 6) is -18.4. The van der Waals surface area contributed by atoms with E-state index in [1.807, 2.05) is 0 Å². The lowest BCUT2D eigenvalue weighted by Gasteiger charge is -2.36. The third kappa shape index (κ3) is 27.8. The van der Waals surface area contributed by atoms with E-state index in [1.54, 1.807) is 84.2 Å². The number of thioether (sulfide) groups is 1. The molecule has 8 rings (SSSR count). The number of nitrogens with one attached hydrogen (secondary N) is 10. The number of aliphatic hydroxyl groups is 5. The first-order valence-corrected chi connectivity index (χ1v) is 41.9. The summed E-state index contributed by atoms with van der Waals surface area (Å²) >= 11 is 7.50. The van der Waals surface area contributed by atoms with E-state index in [9.17, 15) is 64.2 Å². The number of rotatable bonds is 30. The number of aliphatic hydroxyl groups excluding tert-OH is 5. The quantitative estimate of drug-likeness (QED) is 0.0189. The van der Waals surface area contributed by atoms with Gasteiger partial charge >= 0.3 is 12.0 Å². The van der Waals surface area contributed by atoms with E-state index in [0.29, 0.717) is 44.9 Å². The Hall–Kier alpha value is -12.4. The lowest BCUT2D eigenvalue weighted by molar-refractivity contribution is -0.145. The molecule has 2 fully saturated rings. The van der Waals surface area contributed by atoms with Crippen molar-refractivity contribution in [2.24, 2.45) is 42.9 Å². The first kappa shape index (κ1) is 98.1. The van der Waals surface area contributed by atoms with Crippen LogP contribution in [-0.4, -0.2) is 279 Å². The first-order valence-electron chi connectivity index (χ1n) is 40.3. The van der Waals surface area contributed by atoms with Crippen molar-refractivity contribution in [2.75, 3.05) is 45.3 Å². The van der Waals surface area contributed by atoms with Gasteiger partial charge in [-0.25, -0.2) is 4.79 Å². The highest BCUT2D eigenvalue weighted by molar-refractivity contribution is 8.00. The Morgan fingerprint density at radius 3 is 1.82 bits per heavy atom. The van der Waals surface area contributed by atoms with Gasteiger partial charge in [-0.05, 0) is 103 Å². The van der Waals surface area contributed by atoms with Crippen LogP contribution in [0.25, 0.3) is 21.8 Å². The van der Waals surface area contributed by atoms with E-state index in [2.05, 4.69) is 58.2 Å². The SMILES string of the molecule is CN1C(=O)[C@H](CCC(=O)NC[C@H](O)[C@@H](O)[C@H](O)[C@H](O)CO)NC(=O)[C@H](C2CCC2)NC(=O)[C@H](CC(N)=O)NC(=O)[C@H](Cc2cccnc2)N(C)C(=O)[C@@H](Cc2cccc(C(N)=O)c2)NC(=O)CSC[C@@H](C(N)=O)NC(=O)[C@H](Cc2cn(C)c3ccccc23)NC(=O)[C@H](CCCCNC(N)=O)NC(=O)[C@H](Cc2cn(C)c3c(Cl)cccc23)NC(=O)[C@@H]1CCC(=O)O. The molecule has 43 heteroatoms. The summed E-state index contributed by atoms with van der Waals surface area (Å²) in [6.45, 7) is -1.90. The van der Waals surface area contributed by atoms with Gasteiger partial charge in [0.2, 0.25) is 82.7 Å². The molecule has 24 N–H and O–H groups in total. The summed E-state index contributed by atoms with van der Waals surface area (Å²) in [7, 11) is 5.60. The van der Waals surface area contributed by atoms with Crippen LogP contribution in [0.5, 0.6) is 0 Å². The average molecular weight is 1780 g/mol. The largest absolute Gasteiger partial charge is 0.481 e. The number of carbonyl (C=O) groups is 16. The Morgan fingerprint density at radius 2 is 1.17 bits per heavy atom. The molecule has 2 aliphatic rings. The smallest absolute Gasteiger partial charge is 0.312 e. The normalized spacial score (nSPS) is 22.3. The number of halogens is 1. The van der Waals surface area contributed by atoms with Crippen LogP contribution < -0.4 is 76.1 Å². The summed E-state index contributed by atoms with van der Waals surface area (Å²) in [4.78, 5) is 236. The number of aliphatic carboxylic acids is 1. The summed E-state index contributed by atoms with van der Waals surface area (Å²) in [5.41, 5.74) is 25.4. The maximum atomic E-state index is 15.7. The van der Waals surface area contributed by atoms with Crippen molar-refractivity contribution in [1.82, 2.24) is 77.1 Å². The number of carbonyl (C=O) groups excluding carboxylic acids is 15. The number of benzene rings is 3. The highest BCUT2D eigenvalue weighted by Gasteiger charge is 2.43. The van der Waals surface area contributed by atoms with Crippen LogP contribution in [0.4, 0.5) is 4.79 Å². The Balaban J connectivity index is 1.27. The second kappa shape index (κ2) is 46.4. The highest BCUT2D eigenvalue weighted by Crippen LogP contribution is 2.32. The zero-order valence-corrected chi connectivity index (χ0v) is 70.7. The molecule has 676 valence electrons. The lowest BCUT2D eigenvalue weighted by atomic mass is 9.79. The van der Waals surface area contributed by atoms with Gasteiger partial charge in [-0.3, -0.25) is 76.9 Å². The van der Waals surface area contributed by atoms with Crippen LogP contribution in [0, 0.1) is 5.92 Å². The minimum absolute atomic E-state index is 0.00277. The minimum Gasteiger partial charge on any atom is -0.481 e. The lowest BCUT2D eigenvalue weighted by Crippen LogP contribution is -2.62. The molecule has 1 aliphatic heterocycles. The molecule has 3 aromatic heterocycles. The summed E-state index contributed by atoms with van der Waals surface area (Å²) < 4.78 is 3.39. The van der Waals surface area contributed by atoms with E-state index in [-0.39, 0.29) is 67.6 Å². The molecular formula is C82H108ClN19O22S. The van der Waals surface area contributed by atoms with E-state index < -0.39 is 255 Å². The number of aromatic nitrogens is 3. The average Bonchev–Trinajstić information content (AvgIpc) is 1.68. The molecule has 16 amide bonds. The van der Waals surface area contributed by atoms with Gasteiger partial charge in [-0.1, -0.05) is 66.6 Å². The van der Waals surface area contributed by atoms with Crippen LogP contribution >= 0.6 is 23.4 Å². The number of amides is 16. The molecular weight excluding hydrogens is 1670 g/mol. The highest BCUT2D eigenvalue weighted by atomic mass is 35.5. The van der Waals surface area contributed by atoms with Crippen molar-refractivity contribution in [3.8, 4) is 0 Å². The van der Waals surface area contributed by atoms with Crippen molar-refractivity contribution in [1.29, 1.82) is 0 Å². The van der Waals surface area contributed by atoms with Crippen LogP contribution in [0.1, 0.15) is 103 Å². The molecule has 3 aromatic carbocycles. The zero-order valence-electron chi connectivity index (χ0n) is 69.2. The Labute approximate surface area is 726 Å². The van der Waals surface area contributed by atoms with Crippen molar-refractivity contribution >= 4 is 140 Å². The van der Waals surface area contributed by atoms with Crippen LogP contribution in [-0.2, 0) is 107 Å². The third-order valence-electron chi connectivity index (χ3n) is 21.8. The number of carboxylic acid groups (broad SMARTS) is 1. The number of unbranched alkanes of at least 4 members (excludes halogenated alkanes) is 1. The van der Waals surface area contributed by atoms with E-state index in [4.69, 9.17) is 34.5 Å². The number of nitrogens with two attached hydrogens (primary N) is 4. The number of nitrogens with zero attached hydrogens (tertiary/aromatic N) is 5. The van der Waals surface area contributed by atoms with E-state index >= 15 is 43.2 Å². The summed E-state index contributed by atoms with van der Waals surface area (Å²) in [6, 6.07) is 2.10. The molecule has 6 aromatic rings.